The molecule has 2 amide bonds. The summed E-state index contributed by atoms with van der Waals surface area (Å²) in [6, 6.07) is -0.418. The van der Waals surface area contributed by atoms with E-state index >= 15 is 0 Å². The Morgan fingerprint density at radius 3 is 2.00 bits per heavy atom. The number of hydrogen-bond donors (Lipinski definition) is 3. The van der Waals surface area contributed by atoms with Gasteiger partial charge in [-0.05, 0) is 18.6 Å². The summed E-state index contributed by atoms with van der Waals surface area (Å²) in [6.07, 6.45) is 8.60. The molecule has 3 N–H and O–H groups in total. The third-order valence-corrected chi connectivity index (χ3v) is 2.45. The fourth-order valence-corrected chi connectivity index (χ4v) is 1.56. The van der Waals surface area contributed by atoms with E-state index in [-0.39, 0.29) is 0 Å². The first kappa shape index (κ1) is 13.6. The lowest BCUT2D eigenvalue weighted by atomic mass is 10.1. The molecular formula is C10H22N2OS. The Kier molecular flexibility index (Phi) is 10.4. The maximum Gasteiger partial charge on any atom is 0.312 e. The molecule has 84 valence electrons. The highest BCUT2D eigenvalue weighted by molar-refractivity contribution is 7.80. The third-order valence-electron chi connectivity index (χ3n) is 2.13. The number of hydrogen-bond acceptors (Lipinski definition) is 2. The van der Waals surface area contributed by atoms with Gasteiger partial charge in [-0.2, -0.15) is 12.6 Å². The van der Waals surface area contributed by atoms with E-state index in [1.54, 1.807) is 0 Å². The molecule has 0 aliphatic carbocycles. The van der Waals surface area contributed by atoms with Crippen LogP contribution in [0.15, 0.2) is 0 Å². The van der Waals surface area contributed by atoms with Gasteiger partial charge in [0.05, 0.1) is 0 Å². The maximum atomic E-state index is 10.3. The van der Waals surface area contributed by atoms with Crippen molar-refractivity contribution in [3.8, 4) is 0 Å². The van der Waals surface area contributed by atoms with E-state index in [0.717, 1.165) is 12.2 Å². The predicted molar refractivity (Wildman–Crippen MR) is 63.8 cm³/mol. The van der Waals surface area contributed by atoms with Crippen molar-refractivity contribution < 1.29 is 4.79 Å². The summed E-state index contributed by atoms with van der Waals surface area (Å²) < 4.78 is 0. The minimum atomic E-state index is -0.418. The number of amides is 2. The first-order valence-corrected chi connectivity index (χ1v) is 6.05. The lowest BCUT2D eigenvalue weighted by Gasteiger charge is -2.02. The van der Waals surface area contributed by atoms with Gasteiger partial charge in [0, 0.05) is 6.54 Å². The zero-order chi connectivity index (χ0) is 10.6. The molecule has 0 spiro atoms. The smallest absolute Gasteiger partial charge is 0.312 e. The molecule has 0 saturated carbocycles. The fraction of sp³-hybridized carbons (Fsp3) is 0.900. The Labute approximate surface area is 92.2 Å². The van der Waals surface area contributed by atoms with E-state index in [2.05, 4.69) is 17.9 Å². The molecule has 0 saturated heterocycles. The van der Waals surface area contributed by atoms with Crippen molar-refractivity contribution in [2.75, 3.05) is 12.3 Å². The topological polar surface area (TPSA) is 55.1 Å². The summed E-state index contributed by atoms with van der Waals surface area (Å²) in [6.45, 7) is 0.714. The van der Waals surface area contributed by atoms with E-state index in [1.165, 1.54) is 38.5 Å². The summed E-state index contributed by atoms with van der Waals surface area (Å²) in [4.78, 5) is 10.3. The zero-order valence-electron chi connectivity index (χ0n) is 8.80. The Hall–Kier alpha value is -0.380. The van der Waals surface area contributed by atoms with Crippen LogP contribution in [-0.4, -0.2) is 18.3 Å². The van der Waals surface area contributed by atoms with Gasteiger partial charge in [-0.1, -0.05) is 32.1 Å². The average molecular weight is 218 g/mol. The van der Waals surface area contributed by atoms with E-state index in [1.807, 2.05) is 0 Å². The van der Waals surface area contributed by atoms with Crippen LogP contribution in [0.4, 0.5) is 4.79 Å². The SMILES string of the molecule is NC(=O)NCCCCCCCCCS. The van der Waals surface area contributed by atoms with Crippen LogP contribution < -0.4 is 11.1 Å². The number of nitrogens with one attached hydrogen (secondary N) is 1. The van der Waals surface area contributed by atoms with Crippen molar-refractivity contribution >= 4 is 18.7 Å². The summed E-state index contributed by atoms with van der Waals surface area (Å²) in [5.74, 6) is 1.00. The number of primary amides is 1. The van der Waals surface area contributed by atoms with Gasteiger partial charge in [-0.25, -0.2) is 4.79 Å². The molecule has 3 nitrogen and oxygen atoms in total. The highest BCUT2D eigenvalue weighted by atomic mass is 32.1. The highest BCUT2D eigenvalue weighted by Crippen LogP contribution is 2.06. The van der Waals surface area contributed by atoms with Crippen LogP contribution in [0.3, 0.4) is 0 Å². The fourth-order valence-electron chi connectivity index (χ4n) is 1.33. The summed E-state index contributed by atoms with van der Waals surface area (Å²) in [7, 11) is 0. The molecule has 0 rings (SSSR count). The van der Waals surface area contributed by atoms with Crippen molar-refractivity contribution in [3.05, 3.63) is 0 Å². The largest absolute Gasteiger partial charge is 0.352 e. The second kappa shape index (κ2) is 10.7. The standard InChI is InChI=1S/C10H22N2OS/c11-10(13)12-8-6-4-2-1-3-5-7-9-14/h14H,1-9H2,(H3,11,12,13). The van der Waals surface area contributed by atoms with E-state index in [9.17, 15) is 4.79 Å². The minimum absolute atomic E-state index is 0.418. The van der Waals surface area contributed by atoms with Gasteiger partial charge in [-0.3, -0.25) is 0 Å². The van der Waals surface area contributed by atoms with Crippen LogP contribution in [0, 0.1) is 0 Å². The summed E-state index contributed by atoms with van der Waals surface area (Å²) in [5.41, 5.74) is 4.93. The molecule has 0 radical (unpaired) electrons. The third kappa shape index (κ3) is 11.6. The number of thiol groups is 1. The first-order valence-electron chi connectivity index (χ1n) is 5.41. The Bertz CT molecular complexity index is 142. The zero-order valence-corrected chi connectivity index (χ0v) is 9.69. The monoisotopic (exact) mass is 218 g/mol. The van der Waals surface area contributed by atoms with Crippen LogP contribution in [-0.2, 0) is 0 Å². The van der Waals surface area contributed by atoms with E-state index in [0.29, 0.717) is 6.54 Å². The lowest BCUT2D eigenvalue weighted by molar-refractivity contribution is 0.248. The Morgan fingerprint density at radius 1 is 1.00 bits per heavy atom. The molecule has 0 unspecified atom stereocenters. The van der Waals surface area contributed by atoms with Crippen LogP contribution in [0.1, 0.15) is 44.9 Å². The minimum Gasteiger partial charge on any atom is -0.352 e. The van der Waals surface area contributed by atoms with Crippen molar-refractivity contribution in [3.63, 3.8) is 0 Å². The lowest BCUT2D eigenvalue weighted by Crippen LogP contribution is -2.29. The van der Waals surface area contributed by atoms with Gasteiger partial charge in [0.15, 0.2) is 0 Å². The maximum absolute atomic E-state index is 10.3. The average Bonchev–Trinajstić information content (AvgIpc) is 2.15. The van der Waals surface area contributed by atoms with Crippen molar-refractivity contribution in [2.45, 2.75) is 44.9 Å². The van der Waals surface area contributed by atoms with Crippen molar-refractivity contribution in [1.82, 2.24) is 5.32 Å². The van der Waals surface area contributed by atoms with Crippen LogP contribution in [0.2, 0.25) is 0 Å². The van der Waals surface area contributed by atoms with Gasteiger partial charge >= 0.3 is 6.03 Å². The summed E-state index contributed by atoms with van der Waals surface area (Å²) in [5, 5.41) is 2.59. The molecule has 14 heavy (non-hydrogen) atoms. The number of unbranched alkanes of at least 4 members (excludes halogenated alkanes) is 6. The van der Waals surface area contributed by atoms with Crippen molar-refractivity contribution in [2.24, 2.45) is 5.73 Å². The molecule has 0 aromatic heterocycles. The van der Waals surface area contributed by atoms with Crippen LogP contribution in [0.25, 0.3) is 0 Å². The molecule has 0 aliphatic rings. The molecule has 4 heteroatoms. The Balaban J connectivity index is 2.88. The van der Waals surface area contributed by atoms with Crippen LogP contribution in [0.5, 0.6) is 0 Å². The second-order valence-corrected chi connectivity index (χ2v) is 3.94. The van der Waals surface area contributed by atoms with Gasteiger partial charge in [0.2, 0.25) is 0 Å². The van der Waals surface area contributed by atoms with Gasteiger partial charge in [0.1, 0.15) is 0 Å². The molecule has 0 bridgehead atoms. The van der Waals surface area contributed by atoms with Crippen molar-refractivity contribution in [1.29, 1.82) is 0 Å². The van der Waals surface area contributed by atoms with E-state index in [4.69, 9.17) is 5.73 Å². The predicted octanol–water partition coefficient (Wildman–Crippen LogP) is 2.32. The Morgan fingerprint density at radius 2 is 1.50 bits per heavy atom. The highest BCUT2D eigenvalue weighted by Gasteiger charge is 1.92. The molecule has 0 aromatic rings. The summed E-state index contributed by atoms with van der Waals surface area (Å²) >= 11 is 4.16. The second-order valence-electron chi connectivity index (χ2n) is 3.49. The first-order chi connectivity index (χ1) is 6.77. The number of carbonyl (C=O) groups excluding carboxylic acids is 1. The molecule has 0 atom stereocenters. The molecule has 0 fully saturated rings. The van der Waals surface area contributed by atoms with Crippen LogP contribution >= 0.6 is 12.6 Å². The number of carbonyl (C=O) groups is 1. The molecule has 0 aromatic carbocycles. The van der Waals surface area contributed by atoms with Gasteiger partial charge in [0.25, 0.3) is 0 Å². The van der Waals surface area contributed by atoms with Gasteiger partial charge in [-0.15, -0.1) is 0 Å². The number of rotatable bonds is 9. The molecular weight excluding hydrogens is 196 g/mol. The number of nitrogens with two attached hydrogens (primary N) is 1. The normalized spacial score (nSPS) is 10.1. The molecule has 0 heterocycles. The van der Waals surface area contributed by atoms with Gasteiger partial charge < -0.3 is 11.1 Å². The number of urea groups is 1. The quantitative estimate of drug-likeness (QED) is 0.404. The molecule has 0 aliphatic heterocycles. The van der Waals surface area contributed by atoms with E-state index < -0.39 is 6.03 Å².